The third-order valence-electron chi connectivity index (χ3n) is 5.33. The number of carbonyl (C=O) groups excluding carboxylic acids is 1. The second kappa shape index (κ2) is 7.71. The highest BCUT2D eigenvalue weighted by molar-refractivity contribution is 7.98. The first-order valence-electron chi connectivity index (χ1n) is 8.75. The molecule has 2 fully saturated rings. The van der Waals surface area contributed by atoms with Crippen LogP contribution in [0.3, 0.4) is 0 Å². The van der Waals surface area contributed by atoms with E-state index in [0.717, 1.165) is 36.3 Å². The molecule has 1 N–H and O–H groups in total. The van der Waals surface area contributed by atoms with E-state index in [1.54, 1.807) is 11.8 Å². The highest BCUT2D eigenvalue weighted by Gasteiger charge is 2.30. The van der Waals surface area contributed by atoms with Crippen LogP contribution in [0.15, 0.2) is 11.4 Å². The predicted molar refractivity (Wildman–Crippen MR) is 93.4 cm³/mol. The minimum Gasteiger partial charge on any atom is -0.350 e. The lowest BCUT2D eigenvalue weighted by molar-refractivity contribution is -0.127. The molecule has 1 aliphatic carbocycles. The first-order chi connectivity index (χ1) is 11.2. The van der Waals surface area contributed by atoms with Crippen molar-refractivity contribution in [1.29, 1.82) is 0 Å². The number of rotatable bonds is 5. The average Bonchev–Trinajstić information content (AvgIpc) is 3.23. The standard InChI is InChI=1S/C17H28N4OS/c1-20-15(11-19-17(20)23-2)10-18-16(22)13-6-5-9-21(12-13)14-7-3-4-8-14/h11,13-14H,3-10,12H2,1-2H3,(H,18,22)/t13-/m1/s1. The second-order valence-electron chi connectivity index (χ2n) is 6.79. The zero-order valence-electron chi connectivity index (χ0n) is 14.3. The summed E-state index contributed by atoms with van der Waals surface area (Å²) >= 11 is 1.63. The number of likely N-dealkylation sites (tertiary alicyclic amines) is 1. The SMILES string of the molecule is CSc1ncc(CNC(=O)[C@@H]2CCCN(C3CCCC3)C2)n1C. The van der Waals surface area contributed by atoms with Gasteiger partial charge in [-0.1, -0.05) is 24.6 Å². The van der Waals surface area contributed by atoms with Gasteiger partial charge in [-0.05, 0) is 38.5 Å². The number of amides is 1. The molecule has 2 heterocycles. The van der Waals surface area contributed by atoms with E-state index in [1.807, 2.05) is 19.5 Å². The molecule has 1 atom stereocenters. The Morgan fingerprint density at radius 3 is 2.83 bits per heavy atom. The molecule has 1 saturated heterocycles. The summed E-state index contributed by atoms with van der Waals surface area (Å²) in [7, 11) is 2.00. The number of carbonyl (C=O) groups is 1. The molecule has 1 aromatic heterocycles. The van der Waals surface area contributed by atoms with E-state index >= 15 is 0 Å². The van der Waals surface area contributed by atoms with Crippen LogP contribution in [0.4, 0.5) is 0 Å². The van der Waals surface area contributed by atoms with Crippen molar-refractivity contribution in [2.24, 2.45) is 13.0 Å². The monoisotopic (exact) mass is 336 g/mol. The van der Waals surface area contributed by atoms with Gasteiger partial charge in [-0.25, -0.2) is 4.98 Å². The van der Waals surface area contributed by atoms with Crippen molar-refractivity contribution in [3.8, 4) is 0 Å². The van der Waals surface area contributed by atoms with Crippen molar-refractivity contribution in [3.63, 3.8) is 0 Å². The van der Waals surface area contributed by atoms with Gasteiger partial charge in [0.05, 0.1) is 24.4 Å². The van der Waals surface area contributed by atoms with E-state index < -0.39 is 0 Å². The number of piperidine rings is 1. The molecular weight excluding hydrogens is 308 g/mol. The number of hydrogen-bond acceptors (Lipinski definition) is 4. The summed E-state index contributed by atoms with van der Waals surface area (Å²) < 4.78 is 2.05. The largest absolute Gasteiger partial charge is 0.350 e. The van der Waals surface area contributed by atoms with E-state index in [0.29, 0.717) is 6.54 Å². The summed E-state index contributed by atoms with van der Waals surface area (Å²) in [6.07, 6.45) is 11.4. The van der Waals surface area contributed by atoms with Crippen LogP contribution < -0.4 is 5.32 Å². The van der Waals surface area contributed by atoms with Crippen LogP contribution in [-0.2, 0) is 18.4 Å². The van der Waals surface area contributed by atoms with Gasteiger partial charge in [-0.15, -0.1) is 0 Å². The Morgan fingerprint density at radius 1 is 1.35 bits per heavy atom. The number of nitrogens with zero attached hydrogens (tertiary/aromatic N) is 3. The maximum atomic E-state index is 12.5. The Balaban J connectivity index is 1.52. The van der Waals surface area contributed by atoms with Crippen molar-refractivity contribution in [2.45, 2.75) is 56.3 Å². The highest BCUT2D eigenvalue weighted by Crippen LogP contribution is 2.28. The first-order valence-corrected chi connectivity index (χ1v) is 9.98. The number of aromatic nitrogens is 2. The summed E-state index contributed by atoms with van der Waals surface area (Å²) in [6.45, 7) is 2.69. The number of nitrogens with one attached hydrogen (secondary N) is 1. The van der Waals surface area contributed by atoms with E-state index in [1.165, 1.54) is 32.2 Å². The van der Waals surface area contributed by atoms with Crippen LogP contribution in [-0.4, -0.2) is 45.7 Å². The van der Waals surface area contributed by atoms with Crippen LogP contribution in [0, 0.1) is 5.92 Å². The Bertz CT molecular complexity index is 539. The number of imidazole rings is 1. The molecular formula is C17H28N4OS. The van der Waals surface area contributed by atoms with Crippen LogP contribution >= 0.6 is 11.8 Å². The van der Waals surface area contributed by atoms with Crippen molar-refractivity contribution < 1.29 is 4.79 Å². The average molecular weight is 337 g/mol. The molecule has 128 valence electrons. The lowest BCUT2D eigenvalue weighted by atomic mass is 9.95. The van der Waals surface area contributed by atoms with Gasteiger partial charge in [0.15, 0.2) is 5.16 Å². The molecule has 1 saturated carbocycles. The fourth-order valence-corrected chi connectivity index (χ4v) is 4.47. The third-order valence-corrected chi connectivity index (χ3v) is 6.08. The highest BCUT2D eigenvalue weighted by atomic mass is 32.2. The summed E-state index contributed by atoms with van der Waals surface area (Å²) in [4.78, 5) is 19.5. The molecule has 6 heteroatoms. The smallest absolute Gasteiger partial charge is 0.224 e. The van der Waals surface area contributed by atoms with Gasteiger partial charge in [0.1, 0.15) is 0 Å². The van der Waals surface area contributed by atoms with E-state index in [-0.39, 0.29) is 11.8 Å². The zero-order chi connectivity index (χ0) is 16.2. The van der Waals surface area contributed by atoms with E-state index in [4.69, 9.17) is 0 Å². The third kappa shape index (κ3) is 3.91. The fourth-order valence-electron chi connectivity index (χ4n) is 3.92. The molecule has 1 aromatic rings. The van der Waals surface area contributed by atoms with E-state index in [2.05, 4.69) is 19.8 Å². The minimum absolute atomic E-state index is 0.151. The van der Waals surface area contributed by atoms with Gasteiger partial charge in [-0.3, -0.25) is 9.69 Å². The van der Waals surface area contributed by atoms with Gasteiger partial charge >= 0.3 is 0 Å². The van der Waals surface area contributed by atoms with Gasteiger partial charge in [-0.2, -0.15) is 0 Å². The minimum atomic E-state index is 0.151. The van der Waals surface area contributed by atoms with E-state index in [9.17, 15) is 4.79 Å². The van der Waals surface area contributed by atoms with Crippen LogP contribution in [0.5, 0.6) is 0 Å². The molecule has 2 aliphatic rings. The molecule has 1 aliphatic heterocycles. The summed E-state index contributed by atoms with van der Waals surface area (Å²) in [5.74, 6) is 0.359. The van der Waals surface area contributed by atoms with Gasteiger partial charge in [0.25, 0.3) is 0 Å². The predicted octanol–water partition coefficient (Wildman–Crippen LogP) is 2.41. The molecule has 3 rings (SSSR count). The van der Waals surface area contributed by atoms with Crippen LogP contribution in [0.1, 0.15) is 44.2 Å². The number of thioether (sulfide) groups is 1. The fraction of sp³-hybridized carbons (Fsp3) is 0.765. The van der Waals surface area contributed by atoms with Crippen molar-refractivity contribution in [1.82, 2.24) is 19.8 Å². The lowest BCUT2D eigenvalue weighted by Gasteiger charge is -2.36. The van der Waals surface area contributed by atoms with Crippen molar-refractivity contribution in [2.75, 3.05) is 19.3 Å². The van der Waals surface area contributed by atoms with Crippen LogP contribution in [0.2, 0.25) is 0 Å². The van der Waals surface area contributed by atoms with Crippen LogP contribution in [0.25, 0.3) is 0 Å². The molecule has 0 unspecified atom stereocenters. The molecule has 1 amide bonds. The Labute approximate surface area is 143 Å². The lowest BCUT2D eigenvalue weighted by Crippen LogP contribution is -2.46. The second-order valence-corrected chi connectivity index (χ2v) is 7.56. The van der Waals surface area contributed by atoms with Crippen molar-refractivity contribution in [3.05, 3.63) is 11.9 Å². The Kier molecular flexibility index (Phi) is 5.64. The molecule has 23 heavy (non-hydrogen) atoms. The molecule has 0 bridgehead atoms. The maximum absolute atomic E-state index is 12.5. The van der Waals surface area contributed by atoms with Crippen molar-refractivity contribution >= 4 is 17.7 Å². The molecule has 5 nitrogen and oxygen atoms in total. The zero-order valence-corrected chi connectivity index (χ0v) is 15.1. The van der Waals surface area contributed by atoms with Gasteiger partial charge < -0.3 is 9.88 Å². The maximum Gasteiger partial charge on any atom is 0.224 e. The number of hydrogen-bond donors (Lipinski definition) is 1. The summed E-state index contributed by atoms with van der Waals surface area (Å²) in [5, 5.41) is 4.11. The van der Waals surface area contributed by atoms with Gasteiger partial charge in [0, 0.05) is 19.6 Å². The topological polar surface area (TPSA) is 50.2 Å². The summed E-state index contributed by atoms with van der Waals surface area (Å²) in [5.41, 5.74) is 1.06. The van der Waals surface area contributed by atoms with Gasteiger partial charge in [0.2, 0.25) is 5.91 Å². The summed E-state index contributed by atoms with van der Waals surface area (Å²) in [6, 6.07) is 0.729. The Hall–Kier alpha value is -1.01. The molecule has 0 spiro atoms. The first kappa shape index (κ1) is 16.8. The quantitative estimate of drug-likeness (QED) is 0.839. The Morgan fingerprint density at radius 2 is 2.13 bits per heavy atom. The normalized spacial score (nSPS) is 23.3. The molecule has 0 radical (unpaired) electrons. The molecule has 0 aromatic carbocycles.